The van der Waals surface area contributed by atoms with Gasteiger partial charge in [0, 0.05) is 6.20 Å². The summed E-state index contributed by atoms with van der Waals surface area (Å²) in [7, 11) is 0. The smallest absolute Gasteiger partial charge is 0.317 e. The van der Waals surface area contributed by atoms with Gasteiger partial charge in [0.15, 0.2) is 0 Å². The summed E-state index contributed by atoms with van der Waals surface area (Å²) in [6.07, 6.45) is 1.17. The Balaban J connectivity index is 1.82. The van der Waals surface area contributed by atoms with Crippen LogP contribution in [0.15, 0.2) is 36.5 Å². The van der Waals surface area contributed by atoms with Gasteiger partial charge in [0.25, 0.3) is 5.91 Å². The Labute approximate surface area is 149 Å². The van der Waals surface area contributed by atoms with E-state index >= 15 is 0 Å². The van der Waals surface area contributed by atoms with E-state index in [1.807, 2.05) is 38.1 Å². The predicted octanol–water partition coefficient (Wildman–Crippen LogP) is 3.70. The second-order valence-corrected chi connectivity index (χ2v) is 6.08. The van der Waals surface area contributed by atoms with Crippen LogP contribution in [0.1, 0.15) is 39.6 Å². The molecule has 0 unspecified atom stereocenters. The zero-order valence-electron chi connectivity index (χ0n) is 14.7. The summed E-state index contributed by atoms with van der Waals surface area (Å²) in [4.78, 5) is 12.4. The second-order valence-electron chi connectivity index (χ2n) is 6.08. The summed E-state index contributed by atoms with van der Waals surface area (Å²) in [6.45, 7) is 3.28. The standard InChI is InChI=1S/C18H19F2N5O/c1-11-4-6-14(7-5-11)10-24-13(3)16(12(2)23-24)22-17(26)15-8-9-21-25(15)18(19)20/h4-9,18H,10H2,1-3H3,(H,22,26). The van der Waals surface area contributed by atoms with Crippen LogP contribution in [0.4, 0.5) is 14.5 Å². The zero-order valence-corrected chi connectivity index (χ0v) is 14.7. The number of hydrogen-bond donors (Lipinski definition) is 1. The van der Waals surface area contributed by atoms with E-state index in [1.54, 1.807) is 11.6 Å². The minimum absolute atomic E-state index is 0.204. The highest BCUT2D eigenvalue weighted by atomic mass is 19.3. The van der Waals surface area contributed by atoms with Gasteiger partial charge in [0.1, 0.15) is 5.69 Å². The van der Waals surface area contributed by atoms with Gasteiger partial charge in [-0.05, 0) is 32.4 Å². The topological polar surface area (TPSA) is 64.7 Å². The Bertz CT molecular complexity index is 928. The van der Waals surface area contributed by atoms with E-state index in [4.69, 9.17) is 0 Å². The van der Waals surface area contributed by atoms with Gasteiger partial charge in [-0.3, -0.25) is 9.48 Å². The average molecular weight is 359 g/mol. The molecule has 2 aromatic heterocycles. The third-order valence-corrected chi connectivity index (χ3v) is 4.16. The maximum atomic E-state index is 12.9. The van der Waals surface area contributed by atoms with Crippen LogP contribution in [-0.4, -0.2) is 25.5 Å². The largest absolute Gasteiger partial charge is 0.333 e. The molecule has 0 aliphatic rings. The SMILES string of the molecule is Cc1ccc(Cn2nc(C)c(NC(=O)c3ccnn3C(F)F)c2C)cc1. The molecule has 2 heterocycles. The van der Waals surface area contributed by atoms with Crippen molar-refractivity contribution < 1.29 is 13.6 Å². The number of aromatic nitrogens is 4. The Morgan fingerprint density at radius 3 is 2.50 bits per heavy atom. The van der Waals surface area contributed by atoms with Crippen molar-refractivity contribution in [2.24, 2.45) is 0 Å². The summed E-state index contributed by atoms with van der Waals surface area (Å²) < 4.78 is 28.0. The molecular weight excluding hydrogens is 340 g/mol. The quantitative estimate of drug-likeness (QED) is 0.755. The number of alkyl halides is 2. The third-order valence-electron chi connectivity index (χ3n) is 4.16. The molecule has 0 saturated heterocycles. The van der Waals surface area contributed by atoms with Gasteiger partial charge < -0.3 is 5.32 Å². The minimum atomic E-state index is -2.88. The van der Waals surface area contributed by atoms with E-state index in [0.29, 0.717) is 22.6 Å². The molecule has 0 aliphatic heterocycles. The number of anilines is 1. The fourth-order valence-corrected chi connectivity index (χ4v) is 2.73. The van der Waals surface area contributed by atoms with E-state index in [9.17, 15) is 13.6 Å². The van der Waals surface area contributed by atoms with E-state index < -0.39 is 12.5 Å². The summed E-state index contributed by atoms with van der Waals surface area (Å²) in [5.41, 5.74) is 3.93. The van der Waals surface area contributed by atoms with Crippen molar-refractivity contribution in [2.75, 3.05) is 5.32 Å². The van der Waals surface area contributed by atoms with Crippen LogP contribution >= 0.6 is 0 Å². The molecule has 0 saturated carbocycles. The van der Waals surface area contributed by atoms with Crippen LogP contribution in [0.2, 0.25) is 0 Å². The van der Waals surface area contributed by atoms with Gasteiger partial charge in [-0.2, -0.15) is 23.7 Å². The monoisotopic (exact) mass is 359 g/mol. The lowest BCUT2D eigenvalue weighted by atomic mass is 10.1. The predicted molar refractivity (Wildman–Crippen MR) is 93.4 cm³/mol. The van der Waals surface area contributed by atoms with Crippen molar-refractivity contribution in [3.63, 3.8) is 0 Å². The molecule has 6 nitrogen and oxygen atoms in total. The summed E-state index contributed by atoms with van der Waals surface area (Å²) in [6, 6.07) is 9.34. The number of benzene rings is 1. The highest BCUT2D eigenvalue weighted by molar-refractivity contribution is 6.03. The van der Waals surface area contributed by atoms with Gasteiger partial charge in [-0.1, -0.05) is 29.8 Å². The first-order valence-electron chi connectivity index (χ1n) is 8.09. The fraction of sp³-hybridized carbons (Fsp3) is 0.278. The number of rotatable bonds is 5. The molecule has 0 fully saturated rings. The van der Waals surface area contributed by atoms with Gasteiger partial charge in [-0.25, -0.2) is 0 Å². The van der Waals surface area contributed by atoms with Crippen molar-refractivity contribution >= 4 is 11.6 Å². The lowest BCUT2D eigenvalue weighted by Gasteiger charge is -2.09. The number of carbonyl (C=O) groups is 1. The maximum absolute atomic E-state index is 12.9. The van der Waals surface area contributed by atoms with Crippen LogP contribution in [0.3, 0.4) is 0 Å². The Morgan fingerprint density at radius 1 is 1.15 bits per heavy atom. The molecule has 136 valence electrons. The van der Waals surface area contributed by atoms with Gasteiger partial charge in [-0.15, -0.1) is 0 Å². The van der Waals surface area contributed by atoms with Crippen molar-refractivity contribution in [1.29, 1.82) is 0 Å². The molecule has 1 aromatic carbocycles. The summed E-state index contributed by atoms with van der Waals surface area (Å²) >= 11 is 0. The third kappa shape index (κ3) is 3.49. The Morgan fingerprint density at radius 2 is 1.85 bits per heavy atom. The first kappa shape index (κ1) is 17.8. The van der Waals surface area contributed by atoms with E-state index in [0.717, 1.165) is 11.3 Å². The molecular formula is C18H19F2N5O. The first-order valence-corrected chi connectivity index (χ1v) is 8.09. The lowest BCUT2D eigenvalue weighted by Crippen LogP contribution is -2.19. The van der Waals surface area contributed by atoms with E-state index in [2.05, 4.69) is 15.5 Å². The highest BCUT2D eigenvalue weighted by Crippen LogP contribution is 2.22. The molecule has 3 rings (SSSR count). The number of hydrogen-bond acceptors (Lipinski definition) is 3. The zero-order chi connectivity index (χ0) is 18.8. The van der Waals surface area contributed by atoms with E-state index in [1.165, 1.54) is 17.8 Å². The number of aryl methyl sites for hydroxylation is 2. The van der Waals surface area contributed by atoms with E-state index in [-0.39, 0.29) is 5.69 Å². The average Bonchev–Trinajstić information content (AvgIpc) is 3.18. The molecule has 0 atom stereocenters. The van der Waals surface area contributed by atoms with Gasteiger partial charge in [0.05, 0.1) is 23.6 Å². The molecule has 0 bridgehead atoms. The molecule has 1 amide bonds. The molecule has 0 aliphatic carbocycles. The number of carbonyl (C=O) groups excluding carboxylic acids is 1. The molecule has 8 heteroatoms. The van der Waals surface area contributed by atoms with Crippen molar-refractivity contribution in [1.82, 2.24) is 19.6 Å². The number of nitrogens with zero attached hydrogens (tertiary/aromatic N) is 4. The Hall–Kier alpha value is -3.03. The van der Waals surface area contributed by atoms with Crippen molar-refractivity contribution in [2.45, 2.75) is 33.9 Å². The molecule has 3 aromatic rings. The van der Waals surface area contributed by atoms with Crippen LogP contribution < -0.4 is 5.32 Å². The van der Waals surface area contributed by atoms with Crippen LogP contribution in [-0.2, 0) is 6.54 Å². The van der Waals surface area contributed by atoms with Crippen LogP contribution in [0.25, 0.3) is 0 Å². The molecule has 26 heavy (non-hydrogen) atoms. The second kappa shape index (κ2) is 7.07. The normalized spacial score (nSPS) is 11.2. The summed E-state index contributed by atoms with van der Waals surface area (Å²) in [5, 5.41) is 10.6. The van der Waals surface area contributed by atoms with Crippen molar-refractivity contribution in [3.05, 3.63) is 64.7 Å². The minimum Gasteiger partial charge on any atom is -0.317 e. The number of amides is 1. The molecule has 1 N–H and O–H groups in total. The van der Waals surface area contributed by atoms with Gasteiger partial charge >= 0.3 is 6.55 Å². The Kier molecular flexibility index (Phi) is 4.83. The molecule has 0 spiro atoms. The first-order chi connectivity index (χ1) is 12.4. The number of nitrogens with one attached hydrogen (secondary N) is 1. The number of halogens is 2. The van der Waals surface area contributed by atoms with Gasteiger partial charge in [0.2, 0.25) is 0 Å². The molecule has 0 radical (unpaired) electrons. The fourth-order valence-electron chi connectivity index (χ4n) is 2.73. The van der Waals surface area contributed by atoms with Crippen LogP contribution in [0, 0.1) is 20.8 Å². The van der Waals surface area contributed by atoms with Crippen LogP contribution in [0.5, 0.6) is 0 Å². The highest BCUT2D eigenvalue weighted by Gasteiger charge is 2.21. The maximum Gasteiger partial charge on any atom is 0.333 e. The summed E-state index contributed by atoms with van der Waals surface area (Å²) in [5.74, 6) is -0.649. The lowest BCUT2D eigenvalue weighted by molar-refractivity contribution is 0.0520. The van der Waals surface area contributed by atoms with Crippen molar-refractivity contribution in [3.8, 4) is 0 Å².